The minimum atomic E-state index is -0.729. The molecule has 4 nitrogen and oxygen atoms in total. The van der Waals surface area contributed by atoms with E-state index in [4.69, 9.17) is 14.2 Å². The van der Waals surface area contributed by atoms with Gasteiger partial charge in [0.1, 0.15) is 11.4 Å². The summed E-state index contributed by atoms with van der Waals surface area (Å²) in [5.74, 6) is 0.871. The van der Waals surface area contributed by atoms with Gasteiger partial charge in [0.2, 0.25) is 5.79 Å². The molecular formula is C28H32O4. The number of phenols is 1. The van der Waals surface area contributed by atoms with Gasteiger partial charge < -0.3 is 19.3 Å². The highest BCUT2D eigenvalue weighted by molar-refractivity contribution is 6.05. The van der Waals surface area contributed by atoms with Gasteiger partial charge in [0.25, 0.3) is 0 Å². The molecule has 1 aliphatic heterocycles. The number of hydrogen-bond acceptors (Lipinski definition) is 4. The quantitative estimate of drug-likeness (QED) is 0.480. The first-order chi connectivity index (χ1) is 15.1. The van der Waals surface area contributed by atoms with E-state index < -0.39 is 11.4 Å². The fraction of sp³-hybridized carbons (Fsp3) is 0.429. The molecule has 4 heteroatoms. The van der Waals surface area contributed by atoms with E-state index in [-0.39, 0.29) is 11.2 Å². The van der Waals surface area contributed by atoms with Crippen molar-refractivity contribution in [3.8, 4) is 28.4 Å². The molecule has 1 unspecified atom stereocenters. The molecule has 3 aromatic carbocycles. The number of aromatic hydroxyl groups is 1. The zero-order valence-electron chi connectivity index (χ0n) is 19.8. The minimum absolute atomic E-state index is 0.239. The molecule has 5 rings (SSSR count). The predicted octanol–water partition coefficient (Wildman–Crippen LogP) is 7.04. The Balaban J connectivity index is 1.90. The maximum atomic E-state index is 11.2. The van der Waals surface area contributed by atoms with Crippen LogP contribution in [0.5, 0.6) is 17.2 Å². The van der Waals surface area contributed by atoms with Crippen LogP contribution in [0.2, 0.25) is 0 Å². The zero-order chi connectivity index (χ0) is 22.9. The van der Waals surface area contributed by atoms with E-state index in [2.05, 4.69) is 45.0 Å². The van der Waals surface area contributed by atoms with E-state index >= 15 is 0 Å². The molecule has 1 atom stereocenters. The van der Waals surface area contributed by atoms with Crippen LogP contribution in [-0.2, 0) is 15.8 Å². The molecule has 0 spiro atoms. The number of methoxy groups -OCH3 is 1. The highest BCUT2D eigenvalue weighted by Crippen LogP contribution is 2.59. The Bertz CT molecular complexity index is 1220. The molecule has 0 fully saturated rings. The van der Waals surface area contributed by atoms with Gasteiger partial charge in [-0.25, -0.2) is 0 Å². The Hall–Kier alpha value is -2.72. The van der Waals surface area contributed by atoms with Crippen molar-refractivity contribution < 1.29 is 19.3 Å². The highest BCUT2D eigenvalue weighted by atomic mass is 16.7. The first-order valence-electron chi connectivity index (χ1n) is 11.5. The molecule has 32 heavy (non-hydrogen) atoms. The Labute approximate surface area is 190 Å². The molecule has 1 N–H and O–H groups in total. The summed E-state index contributed by atoms with van der Waals surface area (Å²) >= 11 is 0. The number of unbranched alkanes of at least 4 members (excludes halogenated alkanes) is 1. The molecule has 0 amide bonds. The van der Waals surface area contributed by atoms with Crippen LogP contribution >= 0.6 is 0 Å². The molecule has 0 aromatic heterocycles. The molecule has 168 valence electrons. The van der Waals surface area contributed by atoms with E-state index in [9.17, 15) is 5.11 Å². The fourth-order valence-corrected chi connectivity index (χ4v) is 5.87. The second-order valence-electron chi connectivity index (χ2n) is 10.1. The van der Waals surface area contributed by atoms with Crippen LogP contribution < -0.4 is 9.47 Å². The van der Waals surface area contributed by atoms with Crippen LogP contribution in [0.15, 0.2) is 42.5 Å². The highest BCUT2D eigenvalue weighted by Gasteiger charge is 2.53. The van der Waals surface area contributed by atoms with Crippen molar-refractivity contribution in [1.29, 1.82) is 0 Å². The molecule has 0 saturated heterocycles. The summed E-state index contributed by atoms with van der Waals surface area (Å²) in [4.78, 5) is 0. The van der Waals surface area contributed by atoms with Crippen molar-refractivity contribution in [3.05, 3.63) is 53.6 Å². The average Bonchev–Trinajstić information content (AvgIpc) is 3.05. The van der Waals surface area contributed by atoms with Gasteiger partial charge >= 0.3 is 0 Å². The van der Waals surface area contributed by atoms with Gasteiger partial charge in [-0.2, -0.15) is 0 Å². The molecule has 1 heterocycles. The lowest BCUT2D eigenvalue weighted by molar-refractivity contribution is -0.0806. The number of hydrogen-bond donors (Lipinski definition) is 1. The van der Waals surface area contributed by atoms with E-state index in [0.29, 0.717) is 11.5 Å². The molecule has 3 aromatic rings. The van der Waals surface area contributed by atoms with Gasteiger partial charge in [0, 0.05) is 31.8 Å². The van der Waals surface area contributed by atoms with Crippen molar-refractivity contribution in [2.24, 2.45) is 0 Å². The van der Waals surface area contributed by atoms with Gasteiger partial charge in [0.15, 0.2) is 11.5 Å². The third-order valence-electron chi connectivity index (χ3n) is 7.44. The Morgan fingerprint density at radius 2 is 1.56 bits per heavy atom. The van der Waals surface area contributed by atoms with Gasteiger partial charge in [0.05, 0.1) is 0 Å². The average molecular weight is 433 g/mol. The van der Waals surface area contributed by atoms with Crippen molar-refractivity contribution in [2.75, 3.05) is 7.11 Å². The second-order valence-corrected chi connectivity index (χ2v) is 10.1. The molecule has 1 aliphatic carbocycles. The van der Waals surface area contributed by atoms with E-state index in [1.165, 1.54) is 11.1 Å². The Morgan fingerprint density at radius 1 is 0.906 bits per heavy atom. The van der Waals surface area contributed by atoms with Crippen LogP contribution in [0.3, 0.4) is 0 Å². The summed E-state index contributed by atoms with van der Waals surface area (Å²) < 4.78 is 18.5. The van der Waals surface area contributed by atoms with Gasteiger partial charge in [-0.05, 0) is 52.3 Å². The van der Waals surface area contributed by atoms with E-state index in [0.717, 1.165) is 41.2 Å². The topological polar surface area (TPSA) is 47.9 Å². The summed E-state index contributed by atoms with van der Waals surface area (Å²) in [7, 11) is 1.80. The summed E-state index contributed by atoms with van der Waals surface area (Å²) in [6, 6.07) is 14.4. The number of phenolic OH excluding ortho intramolecular Hbond substituents is 1. The number of benzene rings is 3. The van der Waals surface area contributed by atoms with Crippen LogP contribution in [0.25, 0.3) is 21.9 Å². The number of rotatable bonds is 4. The monoisotopic (exact) mass is 432 g/mol. The Morgan fingerprint density at radius 3 is 2.22 bits per heavy atom. The van der Waals surface area contributed by atoms with Crippen molar-refractivity contribution in [2.45, 2.75) is 70.7 Å². The molecule has 0 saturated carbocycles. The molecule has 0 radical (unpaired) electrons. The normalized spacial score (nSPS) is 21.9. The van der Waals surface area contributed by atoms with Crippen LogP contribution in [0.4, 0.5) is 0 Å². The van der Waals surface area contributed by atoms with Crippen molar-refractivity contribution >= 4 is 10.8 Å². The van der Waals surface area contributed by atoms with Crippen LogP contribution in [0, 0.1) is 0 Å². The smallest absolute Gasteiger partial charge is 0.246 e. The van der Waals surface area contributed by atoms with E-state index in [1.54, 1.807) is 7.11 Å². The van der Waals surface area contributed by atoms with Crippen LogP contribution in [-0.4, -0.2) is 18.0 Å². The zero-order valence-corrected chi connectivity index (χ0v) is 19.8. The lowest BCUT2D eigenvalue weighted by Gasteiger charge is -2.51. The third-order valence-corrected chi connectivity index (χ3v) is 7.44. The van der Waals surface area contributed by atoms with Crippen molar-refractivity contribution in [3.63, 3.8) is 0 Å². The first-order valence-corrected chi connectivity index (χ1v) is 11.5. The standard InChI is InChI=1S/C28H32O4/c1-7-8-13-28(30-6)21-16-22(29)18-14-23-24(32-27(4,5)31-23)15-19(18)25(21)17-11-9-10-12-20(17)26(28,2)3/h9-12,14-16,29H,7-8,13H2,1-6H3. The maximum Gasteiger partial charge on any atom is 0.246 e. The molecular weight excluding hydrogens is 400 g/mol. The predicted molar refractivity (Wildman–Crippen MR) is 128 cm³/mol. The summed E-state index contributed by atoms with van der Waals surface area (Å²) in [6.45, 7) is 10.5. The maximum absolute atomic E-state index is 11.2. The summed E-state index contributed by atoms with van der Waals surface area (Å²) in [6.07, 6.45) is 2.98. The van der Waals surface area contributed by atoms with Crippen LogP contribution in [0.1, 0.15) is 65.0 Å². The lowest BCUT2D eigenvalue weighted by atomic mass is 9.58. The first kappa shape index (κ1) is 21.1. The SMILES string of the molecule is CCCCC1(OC)c2cc(O)c3cc4c(cc3c2-c2ccccc2C1(C)C)OC(C)(C)O4. The second kappa shape index (κ2) is 6.89. The molecule has 2 aliphatic rings. The number of fused-ring (bicyclic) bond motifs is 6. The largest absolute Gasteiger partial charge is 0.507 e. The van der Waals surface area contributed by atoms with Gasteiger partial charge in [-0.1, -0.05) is 57.9 Å². The molecule has 0 bridgehead atoms. The lowest BCUT2D eigenvalue weighted by Crippen LogP contribution is -2.49. The fourth-order valence-electron chi connectivity index (χ4n) is 5.87. The van der Waals surface area contributed by atoms with Gasteiger partial charge in [-0.3, -0.25) is 0 Å². The third kappa shape index (κ3) is 2.72. The van der Waals surface area contributed by atoms with E-state index in [1.807, 2.05) is 32.0 Å². The summed E-state index contributed by atoms with van der Waals surface area (Å²) in [5.41, 5.74) is 3.75. The minimum Gasteiger partial charge on any atom is -0.507 e. The van der Waals surface area contributed by atoms with Crippen molar-refractivity contribution in [1.82, 2.24) is 0 Å². The van der Waals surface area contributed by atoms with Gasteiger partial charge in [-0.15, -0.1) is 0 Å². The number of ether oxygens (including phenoxy) is 3. The Kier molecular flexibility index (Phi) is 4.55. The summed E-state index contributed by atoms with van der Waals surface area (Å²) in [5, 5.41) is 12.9.